The summed E-state index contributed by atoms with van der Waals surface area (Å²) >= 11 is 0. The van der Waals surface area contributed by atoms with Gasteiger partial charge in [-0.3, -0.25) is 19.6 Å². The molecular weight excluding hydrogens is 394 g/mol. The summed E-state index contributed by atoms with van der Waals surface area (Å²) < 4.78 is 27.3. The summed E-state index contributed by atoms with van der Waals surface area (Å²) in [6, 6.07) is 18.0. The van der Waals surface area contributed by atoms with E-state index < -0.39 is 20.9 Å². The second-order valence-electron chi connectivity index (χ2n) is 6.22. The van der Waals surface area contributed by atoms with Crippen molar-refractivity contribution < 1.29 is 18.1 Å². The predicted molar refractivity (Wildman–Crippen MR) is 109 cm³/mol. The normalized spacial score (nSPS) is 10.9. The van der Waals surface area contributed by atoms with Gasteiger partial charge in [0.1, 0.15) is 5.56 Å². The van der Waals surface area contributed by atoms with Gasteiger partial charge in [-0.15, -0.1) is 0 Å². The van der Waals surface area contributed by atoms with Gasteiger partial charge >= 0.3 is 0 Å². The quantitative estimate of drug-likeness (QED) is 0.470. The first-order valence-electron chi connectivity index (χ1n) is 8.50. The van der Waals surface area contributed by atoms with Gasteiger partial charge in [-0.05, 0) is 49.4 Å². The summed E-state index contributed by atoms with van der Waals surface area (Å²) in [4.78, 5) is 22.9. The number of aryl methyl sites for hydroxylation is 1. The average Bonchev–Trinajstić information content (AvgIpc) is 2.69. The molecule has 8 nitrogen and oxygen atoms in total. The van der Waals surface area contributed by atoms with Crippen molar-refractivity contribution >= 4 is 33.0 Å². The van der Waals surface area contributed by atoms with Crippen molar-refractivity contribution in [3.05, 3.63) is 94.0 Å². The molecule has 0 radical (unpaired) electrons. The lowest BCUT2D eigenvalue weighted by Crippen LogP contribution is -2.14. The molecule has 0 saturated carbocycles. The summed E-state index contributed by atoms with van der Waals surface area (Å²) in [5.41, 5.74) is 1.26. The third kappa shape index (κ3) is 4.77. The molecule has 0 aliphatic carbocycles. The molecule has 3 aromatic carbocycles. The van der Waals surface area contributed by atoms with Gasteiger partial charge in [0.05, 0.1) is 9.82 Å². The number of hydrogen-bond donors (Lipinski definition) is 2. The lowest BCUT2D eigenvalue weighted by atomic mass is 10.1. The van der Waals surface area contributed by atoms with Crippen molar-refractivity contribution in [2.75, 3.05) is 10.0 Å². The molecule has 0 atom stereocenters. The van der Waals surface area contributed by atoms with Gasteiger partial charge in [0.2, 0.25) is 0 Å². The lowest BCUT2D eigenvalue weighted by molar-refractivity contribution is -0.385. The third-order valence-electron chi connectivity index (χ3n) is 4.07. The zero-order valence-corrected chi connectivity index (χ0v) is 16.1. The van der Waals surface area contributed by atoms with Crippen molar-refractivity contribution in [2.45, 2.75) is 11.8 Å². The van der Waals surface area contributed by atoms with Gasteiger partial charge in [0.15, 0.2) is 0 Å². The highest BCUT2D eigenvalue weighted by molar-refractivity contribution is 7.92. The lowest BCUT2D eigenvalue weighted by Gasteiger charge is -2.10. The SMILES string of the molecule is Cc1ccc(S(=O)(=O)Nc2ccc(NC(=O)c3ccccc3[N+](=O)[O-])cc2)cc1. The van der Waals surface area contributed by atoms with Crippen molar-refractivity contribution in [3.63, 3.8) is 0 Å². The van der Waals surface area contributed by atoms with E-state index >= 15 is 0 Å². The van der Waals surface area contributed by atoms with Gasteiger partial charge in [-0.2, -0.15) is 0 Å². The Morgan fingerprint density at radius 3 is 2.10 bits per heavy atom. The Hall–Kier alpha value is -3.72. The highest BCUT2D eigenvalue weighted by Gasteiger charge is 2.19. The first-order valence-corrected chi connectivity index (χ1v) is 9.99. The number of carbonyl (C=O) groups excluding carboxylic acids is 1. The maximum Gasteiger partial charge on any atom is 0.282 e. The van der Waals surface area contributed by atoms with E-state index in [2.05, 4.69) is 10.0 Å². The van der Waals surface area contributed by atoms with Gasteiger partial charge in [-0.1, -0.05) is 29.8 Å². The van der Waals surface area contributed by atoms with E-state index in [1.165, 1.54) is 60.7 Å². The summed E-state index contributed by atoms with van der Waals surface area (Å²) in [7, 11) is -3.74. The van der Waals surface area contributed by atoms with E-state index in [1.807, 2.05) is 6.92 Å². The van der Waals surface area contributed by atoms with Gasteiger partial charge in [0, 0.05) is 17.4 Å². The number of carbonyl (C=O) groups is 1. The maximum absolute atomic E-state index is 12.4. The maximum atomic E-state index is 12.4. The Balaban J connectivity index is 1.73. The van der Waals surface area contributed by atoms with Crippen LogP contribution in [-0.2, 0) is 10.0 Å². The Morgan fingerprint density at radius 2 is 1.48 bits per heavy atom. The monoisotopic (exact) mass is 411 g/mol. The molecule has 2 N–H and O–H groups in total. The van der Waals surface area contributed by atoms with E-state index in [4.69, 9.17) is 0 Å². The number of para-hydroxylation sites is 1. The van der Waals surface area contributed by atoms with E-state index in [9.17, 15) is 23.3 Å². The van der Waals surface area contributed by atoms with E-state index in [1.54, 1.807) is 12.1 Å². The van der Waals surface area contributed by atoms with Gasteiger partial charge in [0.25, 0.3) is 21.6 Å². The number of amides is 1. The molecule has 0 bridgehead atoms. The van der Waals surface area contributed by atoms with E-state index in [0.29, 0.717) is 11.4 Å². The molecule has 148 valence electrons. The predicted octanol–water partition coefficient (Wildman–Crippen LogP) is 3.96. The summed E-state index contributed by atoms with van der Waals surface area (Å²) in [5.74, 6) is -0.634. The molecule has 0 fully saturated rings. The Labute approximate surface area is 167 Å². The first-order chi connectivity index (χ1) is 13.8. The number of nitrogens with zero attached hydrogens (tertiary/aromatic N) is 1. The fourth-order valence-corrected chi connectivity index (χ4v) is 3.64. The Kier molecular flexibility index (Phi) is 5.60. The summed E-state index contributed by atoms with van der Waals surface area (Å²) in [6.45, 7) is 1.86. The molecule has 29 heavy (non-hydrogen) atoms. The van der Waals surface area contributed by atoms with Crippen LogP contribution in [0.2, 0.25) is 0 Å². The number of nitrogens with one attached hydrogen (secondary N) is 2. The zero-order chi connectivity index (χ0) is 21.0. The fourth-order valence-electron chi connectivity index (χ4n) is 2.58. The van der Waals surface area contributed by atoms with Crippen LogP contribution < -0.4 is 10.0 Å². The number of nitro benzene ring substituents is 1. The molecule has 0 aliphatic heterocycles. The minimum atomic E-state index is -3.74. The molecule has 3 aromatic rings. The van der Waals surface area contributed by atoms with Crippen LogP contribution in [0.3, 0.4) is 0 Å². The standard InChI is InChI=1S/C20H17N3O5S/c1-14-6-12-17(13-7-14)29(27,28)22-16-10-8-15(9-11-16)21-20(24)18-4-2-3-5-19(18)23(25)26/h2-13,22H,1H3,(H,21,24). The number of sulfonamides is 1. The van der Waals surface area contributed by atoms with Crippen LogP contribution in [0.1, 0.15) is 15.9 Å². The smallest absolute Gasteiger partial charge is 0.282 e. The van der Waals surface area contributed by atoms with Crippen LogP contribution in [0.15, 0.2) is 77.7 Å². The minimum Gasteiger partial charge on any atom is -0.322 e. The molecule has 0 heterocycles. The van der Waals surface area contributed by atoms with Gasteiger partial charge in [-0.25, -0.2) is 8.42 Å². The van der Waals surface area contributed by atoms with Crippen molar-refractivity contribution in [1.82, 2.24) is 0 Å². The van der Waals surface area contributed by atoms with Crippen LogP contribution in [-0.4, -0.2) is 19.2 Å². The van der Waals surface area contributed by atoms with Crippen molar-refractivity contribution in [3.8, 4) is 0 Å². The fraction of sp³-hybridized carbons (Fsp3) is 0.0500. The Bertz CT molecular complexity index is 1160. The number of anilines is 2. The molecular formula is C20H17N3O5S. The average molecular weight is 411 g/mol. The summed E-state index contributed by atoms with van der Waals surface area (Å²) in [6.07, 6.45) is 0. The Morgan fingerprint density at radius 1 is 0.897 bits per heavy atom. The largest absolute Gasteiger partial charge is 0.322 e. The number of nitro groups is 1. The second-order valence-corrected chi connectivity index (χ2v) is 7.91. The molecule has 9 heteroatoms. The number of rotatable bonds is 6. The van der Waals surface area contributed by atoms with Gasteiger partial charge < -0.3 is 5.32 Å². The molecule has 0 unspecified atom stereocenters. The van der Waals surface area contributed by atoms with Crippen LogP contribution in [0, 0.1) is 17.0 Å². The second kappa shape index (κ2) is 8.11. The molecule has 1 amide bonds. The third-order valence-corrected chi connectivity index (χ3v) is 5.47. The van der Waals surface area contributed by atoms with E-state index in [0.717, 1.165) is 5.56 Å². The highest BCUT2D eigenvalue weighted by atomic mass is 32.2. The topological polar surface area (TPSA) is 118 Å². The first kappa shape index (κ1) is 20.0. The zero-order valence-electron chi connectivity index (χ0n) is 15.3. The van der Waals surface area contributed by atoms with E-state index in [-0.39, 0.29) is 16.1 Å². The van der Waals surface area contributed by atoms with Crippen molar-refractivity contribution in [2.24, 2.45) is 0 Å². The van der Waals surface area contributed by atoms with Crippen molar-refractivity contribution in [1.29, 1.82) is 0 Å². The van der Waals surface area contributed by atoms with Crippen LogP contribution >= 0.6 is 0 Å². The number of benzene rings is 3. The highest BCUT2D eigenvalue weighted by Crippen LogP contribution is 2.22. The van der Waals surface area contributed by atoms with Crippen LogP contribution in [0.25, 0.3) is 0 Å². The molecule has 0 saturated heterocycles. The molecule has 0 aromatic heterocycles. The van der Waals surface area contributed by atoms with Crippen LogP contribution in [0.4, 0.5) is 17.1 Å². The summed E-state index contributed by atoms with van der Waals surface area (Å²) in [5, 5.41) is 13.6. The van der Waals surface area contributed by atoms with Crippen LogP contribution in [0.5, 0.6) is 0 Å². The minimum absolute atomic E-state index is 0.0679. The molecule has 3 rings (SSSR count). The molecule has 0 aliphatic rings. The molecule has 0 spiro atoms. The number of hydrogen-bond acceptors (Lipinski definition) is 5.